The second-order valence-corrected chi connectivity index (χ2v) is 8.81. The number of nitrogens with zero attached hydrogens (tertiary/aromatic N) is 4. The first-order valence-corrected chi connectivity index (χ1v) is 11.0. The molecule has 1 aliphatic carbocycles. The van der Waals surface area contributed by atoms with Gasteiger partial charge in [-0.3, -0.25) is 10.2 Å². The van der Waals surface area contributed by atoms with E-state index in [1.54, 1.807) is 18.3 Å². The summed E-state index contributed by atoms with van der Waals surface area (Å²) < 4.78 is 5.73. The molecule has 0 radical (unpaired) electrons. The highest BCUT2D eigenvalue weighted by molar-refractivity contribution is 6.16. The molecule has 0 bridgehead atoms. The molecule has 34 heavy (non-hydrogen) atoms. The van der Waals surface area contributed by atoms with Crippen molar-refractivity contribution < 1.29 is 9.53 Å². The van der Waals surface area contributed by atoms with E-state index in [2.05, 4.69) is 26.8 Å². The molecular weight excluding hydrogens is 430 g/mol. The van der Waals surface area contributed by atoms with E-state index in [-0.39, 0.29) is 28.9 Å². The summed E-state index contributed by atoms with van der Waals surface area (Å²) in [5.41, 5.74) is 7.52. The molecular formula is C25H25N7O2. The lowest BCUT2D eigenvalue weighted by Gasteiger charge is -2.59. The Hall–Kier alpha value is -4.27. The number of benzene rings is 1. The largest absolute Gasteiger partial charge is 0.439 e. The van der Waals surface area contributed by atoms with Crippen molar-refractivity contribution >= 4 is 23.3 Å². The predicted octanol–water partition coefficient (Wildman–Crippen LogP) is 3.25. The molecule has 1 aromatic carbocycles. The SMILES string of the molecule is C=CC(=O)N1CC2(CC(Nc3ncnc(N)c3C(=N)c3ccc(Oc4ccccc4)nc3)C2)C1. The van der Waals surface area contributed by atoms with Crippen molar-refractivity contribution in [1.82, 2.24) is 19.9 Å². The van der Waals surface area contributed by atoms with Crippen LogP contribution in [-0.2, 0) is 4.79 Å². The van der Waals surface area contributed by atoms with Gasteiger partial charge < -0.3 is 20.7 Å². The average molecular weight is 456 g/mol. The number of para-hydroxylation sites is 1. The van der Waals surface area contributed by atoms with Crippen molar-refractivity contribution in [2.24, 2.45) is 5.41 Å². The number of anilines is 2. The lowest BCUT2D eigenvalue weighted by Crippen LogP contribution is -2.66. The summed E-state index contributed by atoms with van der Waals surface area (Å²) in [6.07, 6.45) is 6.19. The molecule has 9 heteroatoms. The Bertz CT molecular complexity index is 1230. The Balaban J connectivity index is 1.26. The Labute approximate surface area is 197 Å². The first-order valence-electron chi connectivity index (χ1n) is 11.0. The van der Waals surface area contributed by atoms with Gasteiger partial charge in [0.15, 0.2) is 0 Å². The van der Waals surface area contributed by atoms with E-state index in [0.717, 1.165) is 25.9 Å². The molecule has 0 atom stereocenters. The number of amides is 1. The van der Waals surface area contributed by atoms with Crippen molar-refractivity contribution in [2.75, 3.05) is 24.1 Å². The summed E-state index contributed by atoms with van der Waals surface area (Å²) in [6.45, 7) is 5.06. The molecule has 2 fully saturated rings. The number of carbonyl (C=O) groups excluding carboxylic acids is 1. The molecule has 1 aliphatic heterocycles. The molecule has 1 spiro atoms. The van der Waals surface area contributed by atoms with Gasteiger partial charge in [-0.15, -0.1) is 0 Å². The monoisotopic (exact) mass is 455 g/mol. The van der Waals surface area contributed by atoms with Crippen molar-refractivity contribution in [1.29, 1.82) is 5.41 Å². The first-order chi connectivity index (χ1) is 16.5. The third-order valence-corrected chi connectivity index (χ3v) is 6.36. The van der Waals surface area contributed by atoms with Crippen LogP contribution >= 0.6 is 0 Å². The molecule has 1 saturated heterocycles. The van der Waals surface area contributed by atoms with Gasteiger partial charge in [-0.25, -0.2) is 15.0 Å². The van der Waals surface area contributed by atoms with Crippen molar-refractivity contribution in [3.05, 3.63) is 78.8 Å². The Morgan fingerprint density at radius 2 is 1.94 bits per heavy atom. The normalized spacial score (nSPS) is 16.3. The average Bonchev–Trinajstić information content (AvgIpc) is 2.80. The zero-order chi connectivity index (χ0) is 23.7. The maximum atomic E-state index is 11.7. The molecule has 2 aromatic heterocycles. The number of nitrogens with two attached hydrogens (primary N) is 1. The summed E-state index contributed by atoms with van der Waals surface area (Å²) in [6, 6.07) is 13.1. The molecule has 172 valence electrons. The number of likely N-dealkylation sites (tertiary alicyclic amines) is 1. The van der Waals surface area contributed by atoms with Gasteiger partial charge in [0.25, 0.3) is 0 Å². The highest BCUT2D eigenvalue weighted by Crippen LogP contribution is 2.49. The van der Waals surface area contributed by atoms with Crippen LogP contribution in [0.15, 0.2) is 67.6 Å². The van der Waals surface area contributed by atoms with E-state index in [4.69, 9.17) is 15.9 Å². The van der Waals surface area contributed by atoms with Crippen LogP contribution in [-0.4, -0.2) is 50.6 Å². The molecule has 0 unspecified atom stereocenters. The lowest BCUT2D eigenvalue weighted by atomic mass is 9.60. The third kappa shape index (κ3) is 4.07. The molecule has 1 saturated carbocycles. The van der Waals surface area contributed by atoms with Crippen LogP contribution in [0.2, 0.25) is 0 Å². The second-order valence-electron chi connectivity index (χ2n) is 8.81. The molecule has 3 aromatic rings. The molecule has 3 heterocycles. The number of hydrogen-bond acceptors (Lipinski definition) is 8. The third-order valence-electron chi connectivity index (χ3n) is 6.36. The number of ether oxygens (including phenoxy) is 1. The number of carbonyl (C=O) groups is 1. The quantitative estimate of drug-likeness (QED) is 0.368. The van der Waals surface area contributed by atoms with Gasteiger partial charge in [0.05, 0.1) is 11.3 Å². The summed E-state index contributed by atoms with van der Waals surface area (Å²) in [5.74, 6) is 1.86. The predicted molar refractivity (Wildman–Crippen MR) is 129 cm³/mol. The second kappa shape index (κ2) is 8.58. The number of nitrogens with one attached hydrogen (secondary N) is 2. The van der Waals surface area contributed by atoms with Crippen molar-refractivity contribution in [2.45, 2.75) is 18.9 Å². The minimum atomic E-state index is -0.0184. The van der Waals surface area contributed by atoms with Gasteiger partial charge in [-0.05, 0) is 37.1 Å². The molecule has 1 amide bonds. The number of aromatic nitrogens is 3. The van der Waals surface area contributed by atoms with E-state index in [1.807, 2.05) is 35.2 Å². The summed E-state index contributed by atoms with van der Waals surface area (Å²) in [4.78, 5) is 26.3. The number of pyridine rings is 1. The zero-order valence-electron chi connectivity index (χ0n) is 18.6. The number of nitrogen functional groups attached to an aromatic ring is 1. The smallest absolute Gasteiger partial charge is 0.245 e. The van der Waals surface area contributed by atoms with E-state index < -0.39 is 0 Å². The lowest BCUT2D eigenvalue weighted by molar-refractivity contribution is -0.144. The van der Waals surface area contributed by atoms with Crippen molar-refractivity contribution in [3.8, 4) is 11.6 Å². The molecule has 5 rings (SSSR count). The minimum absolute atomic E-state index is 0.0184. The Morgan fingerprint density at radius 1 is 1.18 bits per heavy atom. The van der Waals surface area contributed by atoms with Crippen molar-refractivity contribution in [3.63, 3.8) is 0 Å². The van der Waals surface area contributed by atoms with Crippen LogP contribution in [0, 0.1) is 10.8 Å². The van der Waals surface area contributed by atoms with Gasteiger partial charge in [-0.1, -0.05) is 24.8 Å². The van der Waals surface area contributed by atoms with Crippen LogP contribution in [0.5, 0.6) is 11.6 Å². The fourth-order valence-corrected chi connectivity index (χ4v) is 4.68. The van der Waals surface area contributed by atoms with Crippen LogP contribution in [0.3, 0.4) is 0 Å². The fourth-order valence-electron chi connectivity index (χ4n) is 4.68. The first kappa shape index (κ1) is 21.6. The van der Waals surface area contributed by atoms with E-state index in [0.29, 0.717) is 28.6 Å². The van der Waals surface area contributed by atoms with E-state index in [9.17, 15) is 4.79 Å². The molecule has 9 nitrogen and oxygen atoms in total. The highest BCUT2D eigenvalue weighted by atomic mass is 16.5. The molecule has 4 N–H and O–H groups in total. The Morgan fingerprint density at radius 3 is 2.62 bits per heavy atom. The highest BCUT2D eigenvalue weighted by Gasteiger charge is 2.53. The molecule has 2 aliphatic rings. The van der Waals surface area contributed by atoms with Gasteiger partial charge in [0, 0.05) is 42.4 Å². The standard InChI is InChI=1S/C25H25N7O2/c1-2-20(33)32-13-25(14-32)10-17(11-25)31-24-21(23(27)29-15-30-24)22(26)16-8-9-19(28-12-16)34-18-6-4-3-5-7-18/h2-9,12,15,17,26H,1,10-11,13-14H2,(H3,27,29,30,31). The maximum absolute atomic E-state index is 11.7. The van der Waals surface area contributed by atoms with E-state index >= 15 is 0 Å². The maximum Gasteiger partial charge on any atom is 0.245 e. The van der Waals surface area contributed by atoms with Gasteiger partial charge in [0.1, 0.15) is 23.7 Å². The number of hydrogen-bond donors (Lipinski definition) is 3. The van der Waals surface area contributed by atoms with Crippen LogP contribution in [0.25, 0.3) is 0 Å². The minimum Gasteiger partial charge on any atom is -0.439 e. The topological polar surface area (TPSA) is 130 Å². The summed E-state index contributed by atoms with van der Waals surface area (Å²) in [5, 5.41) is 12.2. The van der Waals surface area contributed by atoms with Crippen LogP contribution in [0.1, 0.15) is 24.0 Å². The van der Waals surface area contributed by atoms with Gasteiger partial charge >= 0.3 is 0 Å². The zero-order valence-corrected chi connectivity index (χ0v) is 18.6. The Kier molecular flexibility index (Phi) is 5.45. The van der Waals surface area contributed by atoms with E-state index in [1.165, 1.54) is 12.4 Å². The van der Waals surface area contributed by atoms with Gasteiger partial charge in [-0.2, -0.15) is 0 Å². The number of rotatable bonds is 7. The van der Waals surface area contributed by atoms with Crippen LogP contribution < -0.4 is 15.8 Å². The summed E-state index contributed by atoms with van der Waals surface area (Å²) >= 11 is 0. The summed E-state index contributed by atoms with van der Waals surface area (Å²) in [7, 11) is 0. The van der Waals surface area contributed by atoms with Gasteiger partial charge in [0.2, 0.25) is 11.8 Å². The van der Waals surface area contributed by atoms with Crippen LogP contribution in [0.4, 0.5) is 11.6 Å². The fraction of sp³-hybridized carbons (Fsp3) is 0.240.